The van der Waals surface area contributed by atoms with Crippen molar-refractivity contribution in [1.29, 1.82) is 0 Å². The van der Waals surface area contributed by atoms with E-state index in [1.165, 1.54) is 6.20 Å². The van der Waals surface area contributed by atoms with E-state index in [4.69, 9.17) is 14.1 Å². The van der Waals surface area contributed by atoms with Gasteiger partial charge in [0.05, 0.1) is 11.8 Å². The maximum atomic E-state index is 10.8. The molecule has 0 fully saturated rings. The van der Waals surface area contributed by atoms with Gasteiger partial charge in [-0.25, -0.2) is 4.21 Å². The number of hydrogen-bond donors (Lipinski definition) is 2. The Morgan fingerprint density at radius 3 is 2.93 bits per heavy atom. The molecule has 0 saturated carbocycles. The van der Waals surface area contributed by atoms with E-state index in [0.717, 1.165) is 0 Å². The van der Waals surface area contributed by atoms with Gasteiger partial charge in [-0.1, -0.05) is 0 Å². The second-order valence-electron chi connectivity index (χ2n) is 2.44. The summed E-state index contributed by atoms with van der Waals surface area (Å²) in [6.07, 6.45) is 1.36. The second-order valence-corrected chi connectivity index (χ2v) is 3.35. The summed E-state index contributed by atoms with van der Waals surface area (Å²) in [4.78, 5) is 4.78. The van der Waals surface area contributed by atoms with Crippen molar-refractivity contribution in [2.45, 2.75) is 5.03 Å². The monoisotopic (exact) mass is 225 g/mol. The van der Waals surface area contributed by atoms with E-state index in [-0.39, 0.29) is 29.8 Å². The van der Waals surface area contributed by atoms with Crippen molar-refractivity contribution in [2.75, 3.05) is 13.2 Å². The number of ether oxygens (including phenoxy) is 1. The van der Waals surface area contributed by atoms with E-state index in [1.807, 2.05) is 0 Å². The van der Waals surface area contributed by atoms with E-state index in [0.29, 0.717) is 18.8 Å². The Hall–Kier alpha value is -0.813. The van der Waals surface area contributed by atoms with Crippen LogP contribution in [-0.2, 0) is 20.7 Å². The molecular weight excluding hydrogens is 217 g/mol. The van der Waals surface area contributed by atoms with Crippen LogP contribution in [0.15, 0.2) is 16.4 Å². The van der Waals surface area contributed by atoms with Gasteiger partial charge in [-0.05, 0) is 5.16 Å². The summed E-state index contributed by atoms with van der Waals surface area (Å²) in [6.45, 7) is 0.737. The molecule has 1 aromatic rings. The molecule has 2 rings (SSSR count). The first-order valence-electron chi connectivity index (χ1n) is 3.76. The standard InChI is InChI=1S/C6H7N3O4S.Li.H/c10-14(11)6-4(3-7-8-6)5-9-13-2-1-12-5;;/h3H,1-2H2,(H,7,8)(H,10,11);;. The molecule has 0 aromatic carbocycles. The van der Waals surface area contributed by atoms with Gasteiger partial charge in [0.25, 0.3) is 5.90 Å². The van der Waals surface area contributed by atoms with E-state index < -0.39 is 11.1 Å². The second kappa shape index (κ2) is 5.32. The quantitative estimate of drug-likeness (QED) is 0.499. The van der Waals surface area contributed by atoms with Crippen molar-refractivity contribution in [3.05, 3.63) is 11.8 Å². The molecule has 7 nitrogen and oxygen atoms in total. The van der Waals surface area contributed by atoms with E-state index in [1.54, 1.807) is 0 Å². The number of oxime groups is 1. The normalized spacial score (nSPS) is 16.7. The molecule has 1 atom stereocenters. The van der Waals surface area contributed by atoms with Crippen molar-refractivity contribution in [1.82, 2.24) is 10.2 Å². The Bertz CT molecular complexity index is 393. The zero-order valence-electron chi connectivity index (χ0n) is 6.97. The number of nitrogens with zero attached hydrogens (tertiary/aromatic N) is 2. The molecule has 0 aliphatic carbocycles. The van der Waals surface area contributed by atoms with E-state index in [9.17, 15) is 4.21 Å². The fourth-order valence-corrected chi connectivity index (χ4v) is 1.45. The molecule has 2 N–H and O–H groups in total. The van der Waals surface area contributed by atoms with E-state index >= 15 is 0 Å². The van der Waals surface area contributed by atoms with Crippen LogP contribution in [0, 0.1) is 0 Å². The van der Waals surface area contributed by atoms with Crippen molar-refractivity contribution in [3.8, 4) is 0 Å². The number of nitrogens with one attached hydrogen (secondary N) is 1. The molecule has 2 heterocycles. The first-order valence-corrected chi connectivity index (χ1v) is 4.87. The number of hydrogen-bond acceptors (Lipinski definition) is 5. The van der Waals surface area contributed by atoms with Crippen molar-refractivity contribution in [3.63, 3.8) is 0 Å². The van der Waals surface area contributed by atoms with Gasteiger partial charge in [0.2, 0.25) is 11.1 Å². The summed E-state index contributed by atoms with van der Waals surface area (Å²) in [7, 11) is 0. The Balaban J connectivity index is 0.00000112. The third-order valence-electron chi connectivity index (χ3n) is 1.57. The van der Waals surface area contributed by atoms with Gasteiger partial charge in [0.15, 0.2) is 11.6 Å². The molecule has 1 aliphatic heterocycles. The van der Waals surface area contributed by atoms with Crippen LogP contribution in [0.3, 0.4) is 0 Å². The van der Waals surface area contributed by atoms with Crippen LogP contribution in [0.4, 0.5) is 0 Å². The van der Waals surface area contributed by atoms with Crippen LogP contribution in [0.2, 0.25) is 0 Å². The van der Waals surface area contributed by atoms with Crippen molar-refractivity contribution < 1.29 is 18.3 Å². The molecule has 1 aliphatic rings. The summed E-state index contributed by atoms with van der Waals surface area (Å²) in [5.74, 6) is 0.169. The molecule has 0 amide bonds. The summed E-state index contributed by atoms with van der Waals surface area (Å²) in [5, 5.41) is 9.66. The van der Waals surface area contributed by atoms with Crippen LogP contribution < -0.4 is 0 Å². The molecule has 0 bridgehead atoms. The molecule has 1 aromatic heterocycles. The number of H-pyrrole nitrogens is 1. The molecule has 9 heteroatoms. The molecule has 15 heavy (non-hydrogen) atoms. The van der Waals surface area contributed by atoms with Gasteiger partial charge in [-0.15, -0.1) is 0 Å². The molecule has 0 saturated heterocycles. The van der Waals surface area contributed by atoms with Crippen molar-refractivity contribution >= 4 is 35.8 Å². The third-order valence-corrected chi connectivity index (χ3v) is 2.23. The van der Waals surface area contributed by atoms with Crippen LogP contribution >= 0.6 is 0 Å². The topological polar surface area (TPSA) is 96.8 Å². The Morgan fingerprint density at radius 1 is 1.53 bits per heavy atom. The predicted octanol–water partition coefficient (Wildman–Crippen LogP) is -0.950. The minimum absolute atomic E-state index is 0. The average Bonchev–Trinajstić information content (AvgIpc) is 2.67. The Kier molecular flexibility index (Phi) is 4.35. The van der Waals surface area contributed by atoms with Gasteiger partial charge in [0, 0.05) is 0 Å². The first-order chi connectivity index (χ1) is 6.79. The van der Waals surface area contributed by atoms with Gasteiger partial charge in [-0.2, -0.15) is 5.10 Å². The molecule has 0 radical (unpaired) electrons. The predicted molar refractivity (Wildman–Crippen MR) is 53.2 cm³/mol. The van der Waals surface area contributed by atoms with Gasteiger partial charge in [0.1, 0.15) is 6.61 Å². The van der Waals surface area contributed by atoms with Gasteiger partial charge < -0.3 is 14.1 Å². The SMILES string of the molecule is O=S(O)c1[nH]ncc1C1=NOCCO1.[LiH]. The zero-order chi connectivity index (χ0) is 9.97. The van der Waals surface area contributed by atoms with Crippen LogP contribution in [0.1, 0.15) is 5.56 Å². The summed E-state index contributed by atoms with van der Waals surface area (Å²) in [6, 6.07) is 0. The van der Waals surface area contributed by atoms with Crippen LogP contribution in [-0.4, -0.2) is 56.9 Å². The Labute approximate surface area is 99.7 Å². The number of aromatic amines is 1. The summed E-state index contributed by atoms with van der Waals surface area (Å²) < 4.78 is 24.8. The minimum atomic E-state index is -2.15. The molecule has 0 spiro atoms. The summed E-state index contributed by atoms with van der Waals surface area (Å²) in [5.41, 5.74) is 0.338. The van der Waals surface area contributed by atoms with Crippen molar-refractivity contribution in [2.24, 2.45) is 5.16 Å². The molecular formula is C6H8LiN3O4S. The fourth-order valence-electron chi connectivity index (χ4n) is 0.993. The molecule has 1 unspecified atom stereocenters. The first kappa shape index (κ1) is 12.3. The summed E-state index contributed by atoms with van der Waals surface area (Å²) >= 11 is -2.15. The maximum absolute atomic E-state index is 10.8. The number of aromatic nitrogens is 2. The third kappa shape index (κ3) is 2.60. The molecule has 78 valence electrons. The zero-order valence-corrected chi connectivity index (χ0v) is 7.78. The van der Waals surface area contributed by atoms with E-state index in [2.05, 4.69) is 15.4 Å². The average molecular weight is 225 g/mol. The van der Waals surface area contributed by atoms with Crippen LogP contribution in [0.5, 0.6) is 0 Å². The van der Waals surface area contributed by atoms with Gasteiger partial charge in [-0.3, -0.25) is 5.10 Å². The Morgan fingerprint density at radius 2 is 2.33 bits per heavy atom. The van der Waals surface area contributed by atoms with Gasteiger partial charge >= 0.3 is 18.9 Å². The van der Waals surface area contributed by atoms with Crippen LogP contribution in [0.25, 0.3) is 0 Å². The number of rotatable bonds is 2. The fraction of sp³-hybridized carbons (Fsp3) is 0.333.